The summed E-state index contributed by atoms with van der Waals surface area (Å²) in [5.41, 5.74) is 5.80. The van der Waals surface area contributed by atoms with Crippen molar-refractivity contribution in [3.63, 3.8) is 0 Å². The van der Waals surface area contributed by atoms with Crippen molar-refractivity contribution < 1.29 is 20.1 Å². The molecule has 1 atom stereocenters. The normalized spacial score (nSPS) is 12.7. The zero-order valence-corrected chi connectivity index (χ0v) is 7.77. The number of aromatic hydroxyl groups is 3. The SMILES string of the molecule is COCC(N)c1c(O)cc(O)cc1O. The standard InChI is InChI=1S/C9H13NO4/c1-14-4-6(10)9-7(12)2-5(11)3-8(9)13/h2-3,6,11-13H,4,10H2,1H3. The third-order valence-corrected chi connectivity index (χ3v) is 1.84. The van der Waals surface area contributed by atoms with E-state index in [0.717, 1.165) is 12.1 Å². The fourth-order valence-electron chi connectivity index (χ4n) is 1.25. The van der Waals surface area contributed by atoms with Gasteiger partial charge in [-0.1, -0.05) is 0 Å². The van der Waals surface area contributed by atoms with Crippen LogP contribution in [0.25, 0.3) is 0 Å². The lowest BCUT2D eigenvalue weighted by Crippen LogP contribution is -2.16. The molecule has 0 aliphatic heterocycles. The van der Waals surface area contributed by atoms with E-state index in [4.69, 9.17) is 15.6 Å². The van der Waals surface area contributed by atoms with E-state index in [1.807, 2.05) is 0 Å². The first kappa shape index (κ1) is 10.6. The van der Waals surface area contributed by atoms with Crippen molar-refractivity contribution >= 4 is 0 Å². The lowest BCUT2D eigenvalue weighted by Gasteiger charge is -2.14. The zero-order valence-electron chi connectivity index (χ0n) is 7.77. The van der Waals surface area contributed by atoms with Crippen LogP contribution >= 0.6 is 0 Å². The fraction of sp³-hybridized carbons (Fsp3) is 0.333. The van der Waals surface area contributed by atoms with Gasteiger partial charge in [0.2, 0.25) is 0 Å². The average molecular weight is 199 g/mol. The number of ether oxygens (including phenoxy) is 1. The van der Waals surface area contributed by atoms with Crippen molar-refractivity contribution in [1.82, 2.24) is 0 Å². The first-order chi connectivity index (χ1) is 6.56. The van der Waals surface area contributed by atoms with Crippen LogP contribution in [-0.2, 0) is 4.74 Å². The van der Waals surface area contributed by atoms with Gasteiger partial charge in [-0.05, 0) is 0 Å². The Morgan fingerprint density at radius 3 is 2.21 bits per heavy atom. The van der Waals surface area contributed by atoms with Crippen LogP contribution in [0, 0.1) is 0 Å². The summed E-state index contributed by atoms with van der Waals surface area (Å²) in [5.74, 6) is -0.701. The Kier molecular flexibility index (Phi) is 3.16. The highest BCUT2D eigenvalue weighted by Crippen LogP contribution is 2.35. The van der Waals surface area contributed by atoms with Crippen LogP contribution in [-0.4, -0.2) is 29.0 Å². The van der Waals surface area contributed by atoms with Crippen molar-refractivity contribution in [2.24, 2.45) is 5.73 Å². The van der Waals surface area contributed by atoms with E-state index in [-0.39, 0.29) is 29.4 Å². The molecule has 1 aromatic carbocycles. The van der Waals surface area contributed by atoms with Crippen LogP contribution in [0.15, 0.2) is 12.1 Å². The molecule has 0 saturated carbocycles. The summed E-state index contributed by atoms with van der Waals surface area (Å²) >= 11 is 0. The fourth-order valence-corrected chi connectivity index (χ4v) is 1.25. The molecule has 0 fully saturated rings. The molecule has 1 rings (SSSR count). The largest absolute Gasteiger partial charge is 0.508 e. The number of hydrogen-bond acceptors (Lipinski definition) is 5. The van der Waals surface area contributed by atoms with Crippen LogP contribution in [0.1, 0.15) is 11.6 Å². The van der Waals surface area contributed by atoms with Gasteiger partial charge in [-0.25, -0.2) is 0 Å². The Morgan fingerprint density at radius 2 is 1.79 bits per heavy atom. The van der Waals surface area contributed by atoms with Crippen molar-refractivity contribution in [2.75, 3.05) is 13.7 Å². The van der Waals surface area contributed by atoms with Gasteiger partial charge in [0.1, 0.15) is 17.2 Å². The number of phenolic OH excluding ortho intramolecular Hbond substituents is 3. The maximum atomic E-state index is 9.41. The molecule has 0 saturated heterocycles. The lowest BCUT2D eigenvalue weighted by molar-refractivity contribution is 0.178. The maximum absolute atomic E-state index is 9.41. The van der Waals surface area contributed by atoms with Gasteiger partial charge in [-0.15, -0.1) is 0 Å². The second kappa shape index (κ2) is 4.17. The summed E-state index contributed by atoms with van der Waals surface area (Å²) < 4.78 is 4.79. The number of nitrogens with two attached hydrogens (primary N) is 1. The van der Waals surface area contributed by atoms with E-state index in [0.29, 0.717) is 0 Å². The van der Waals surface area contributed by atoms with Gasteiger partial charge in [0.05, 0.1) is 18.2 Å². The van der Waals surface area contributed by atoms with Gasteiger partial charge in [0.15, 0.2) is 0 Å². The molecule has 1 aromatic rings. The molecule has 0 aliphatic carbocycles. The van der Waals surface area contributed by atoms with Gasteiger partial charge in [0, 0.05) is 19.2 Å². The highest BCUT2D eigenvalue weighted by atomic mass is 16.5. The van der Waals surface area contributed by atoms with E-state index in [1.165, 1.54) is 7.11 Å². The van der Waals surface area contributed by atoms with Gasteiger partial charge in [0.25, 0.3) is 0 Å². The zero-order chi connectivity index (χ0) is 10.7. The van der Waals surface area contributed by atoms with Crippen molar-refractivity contribution in [1.29, 1.82) is 0 Å². The first-order valence-electron chi connectivity index (χ1n) is 4.05. The van der Waals surface area contributed by atoms with Crippen LogP contribution in [0.4, 0.5) is 0 Å². The minimum Gasteiger partial charge on any atom is -0.508 e. The van der Waals surface area contributed by atoms with Crippen molar-refractivity contribution in [3.8, 4) is 17.2 Å². The van der Waals surface area contributed by atoms with Gasteiger partial charge < -0.3 is 25.8 Å². The predicted molar refractivity (Wildman–Crippen MR) is 50.2 cm³/mol. The van der Waals surface area contributed by atoms with E-state index in [2.05, 4.69) is 0 Å². The van der Waals surface area contributed by atoms with Crippen molar-refractivity contribution in [2.45, 2.75) is 6.04 Å². The maximum Gasteiger partial charge on any atom is 0.127 e. The monoisotopic (exact) mass is 199 g/mol. The molecule has 0 spiro atoms. The second-order valence-corrected chi connectivity index (χ2v) is 2.96. The minimum atomic E-state index is -0.624. The predicted octanol–water partition coefficient (Wildman–Crippen LogP) is 0.450. The highest BCUT2D eigenvalue weighted by molar-refractivity contribution is 5.50. The van der Waals surface area contributed by atoms with Crippen LogP contribution in [0.3, 0.4) is 0 Å². The second-order valence-electron chi connectivity index (χ2n) is 2.96. The summed E-state index contributed by atoms with van der Waals surface area (Å²) in [6.07, 6.45) is 0. The molecule has 78 valence electrons. The van der Waals surface area contributed by atoms with Gasteiger partial charge >= 0.3 is 0 Å². The summed E-state index contributed by atoms with van der Waals surface area (Å²) in [7, 11) is 1.47. The average Bonchev–Trinajstić information content (AvgIpc) is 2.01. The molecule has 0 heterocycles. The molecule has 0 aliphatic rings. The number of benzene rings is 1. The molecule has 14 heavy (non-hydrogen) atoms. The van der Waals surface area contributed by atoms with E-state index in [1.54, 1.807) is 0 Å². The molecule has 5 heteroatoms. The third-order valence-electron chi connectivity index (χ3n) is 1.84. The molecule has 1 unspecified atom stereocenters. The number of phenols is 3. The Labute approximate surface area is 81.4 Å². The molecular weight excluding hydrogens is 186 g/mol. The molecule has 0 bridgehead atoms. The molecule has 5 N–H and O–H groups in total. The van der Waals surface area contributed by atoms with Crippen LogP contribution in [0.5, 0.6) is 17.2 Å². The number of hydrogen-bond donors (Lipinski definition) is 4. The Balaban J connectivity index is 3.07. The minimum absolute atomic E-state index is 0.171. The number of rotatable bonds is 3. The Hall–Kier alpha value is -1.46. The highest BCUT2D eigenvalue weighted by Gasteiger charge is 2.16. The van der Waals surface area contributed by atoms with E-state index >= 15 is 0 Å². The lowest BCUT2D eigenvalue weighted by atomic mass is 10.1. The summed E-state index contributed by atoms with van der Waals surface area (Å²) in [6, 6.07) is 1.61. The summed E-state index contributed by atoms with van der Waals surface area (Å²) in [5, 5.41) is 27.9. The summed E-state index contributed by atoms with van der Waals surface area (Å²) in [4.78, 5) is 0. The molecule has 5 nitrogen and oxygen atoms in total. The van der Waals surface area contributed by atoms with Crippen molar-refractivity contribution in [3.05, 3.63) is 17.7 Å². The number of methoxy groups -OCH3 is 1. The van der Waals surface area contributed by atoms with Gasteiger partial charge in [-0.2, -0.15) is 0 Å². The topological polar surface area (TPSA) is 95.9 Å². The third kappa shape index (κ3) is 2.07. The van der Waals surface area contributed by atoms with E-state index in [9.17, 15) is 10.2 Å². The van der Waals surface area contributed by atoms with E-state index < -0.39 is 6.04 Å². The first-order valence-corrected chi connectivity index (χ1v) is 4.05. The van der Waals surface area contributed by atoms with Crippen LogP contribution in [0.2, 0.25) is 0 Å². The summed E-state index contributed by atoms with van der Waals surface area (Å²) in [6.45, 7) is 0.173. The molecule has 0 radical (unpaired) electrons. The van der Waals surface area contributed by atoms with Gasteiger partial charge in [-0.3, -0.25) is 0 Å². The quantitative estimate of drug-likeness (QED) is 0.566. The molecule has 0 aromatic heterocycles. The Bertz CT molecular complexity index is 304. The molecular formula is C9H13NO4. The Morgan fingerprint density at radius 1 is 1.29 bits per heavy atom. The smallest absolute Gasteiger partial charge is 0.127 e. The van der Waals surface area contributed by atoms with Crippen LogP contribution < -0.4 is 5.73 Å². The molecule has 0 amide bonds.